The highest BCUT2D eigenvalue weighted by Gasteiger charge is 2.23. The van der Waals surface area contributed by atoms with Crippen LogP contribution in [0.15, 0.2) is 23.4 Å². The lowest BCUT2D eigenvalue weighted by atomic mass is 10.4. The van der Waals surface area contributed by atoms with Crippen molar-refractivity contribution in [2.45, 2.75) is 18.9 Å². The molecule has 0 bridgehead atoms. The van der Waals surface area contributed by atoms with Crippen LogP contribution in [0.25, 0.3) is 0 Å². The van der Waals surface area contributed by atoms with Crippen molar-refractivity contribution >= 4 is 15.7 Å². The molecule has 0 unspecified atom stereocenters. The number of rotatable bonds is 5. The van der Waals surface area contributed by atoms with Crippen molar-refractivity contribution in [2.75, 3.05) is 25.5 Å². The van der Waals surface area contributed by atoms with Crippen LogP contribution in [-0.4, -0.2) is 37.8 Å². The Bertz CT molecular complexity index is 445. The third-order valence-electron chi connectivity index (χ3n) is 2.24. The fourth-order valence-electron chi connectivity index (χ4n) is 1.24. The summed E-state index contributed by atoms with van der Waals surface area (Å²) in [5.41, 5.74) is 0.547. The molecular weight excluding hydrogens is 226 g/mol. The summed E-state index contributed by atoms with van der Waals surface area (Å²) < 4.78 is 25.4. The van der Waals surface area contributed by atoms with Gasteiger partial charge in [-0.25, -0.2) is 13.4 Å². The van der Waals surface area contributed by atoms with Gasteiger partial charge in [-0.2, -0.15) is 4.31 Å². The van der Waals surface area contributed by atoms with Crippen LogP contribution in [0.2, 0.25) is 0 Å². The molecule has 1 rings (SSSR count). The molecule has 0 atom stereocenters. The second-order valence-corrected chi connectivity index (χ2v) is 5.27. The zero-order chi connectivity index (χ0) is 12.2. The Morgan fingerprint density at radius 1 is 1.44 bits per heavy atom. The van der Waals surface area contributed by atoms with Gasteiger partial charge in [0.2, 0.25) is 0 Å². The monoisotopic (exact) mass is 243 g/mol. The predicted molar refractivity (Wildman–Crippen MR) is 63.9 cm³/mol. The predicted octanol–water partition coefficient (Wildman–Crippen LogP) is 1.15. The summed E-state index contributed by atoms with van der Waals surface area (Å²) in [6.07, 6.45) is 1.48. The first-order chi connectivity index (χ1) is 7.54. The van der Waals surface area contributed by atoms with E-state index in [1.54, 1.807) is 26.1 Å². The van der Waals surface area contributed by atoms with Gasteiger partial charge < -0.3 is 5.32 Å². The molecule has 90 valence electrons. The molecule has 5 nitrogen and oxygen atoms in total. The molecule has 0 aliphatic carbocycles. The SMILES string of the molecule is CCNc1cccnc1S(=O)(=O)N(C)CC. The zero-order valence-corrected chi connectivity index (χ0v) is 10.6. The van der Waals surface area contributed by atoms with Crippen LogP contribution in [0.1, 0.15) is 13.8 Å². The highest BCUT2D eigenvalue weighted by molar-refractivity contribution is 7.89. The van der Waals surface area contributed by atoms with E-state index in [-0.39, 0.29) is 5.03 Å². The lowest BCUT2D eigenvalue weighted by Gasteiger charge is -2.16. The molecule has 0 aromatic carbocycles. The second-order valence-electron chi connectivity index (χ2n) is 3.31. The van der Waals surface area contributed by atoms with E-state index in [1.165, 1.54) is 10.5 Å². The fraction of sp³-hybridized carbons (Fsp3) is 0.500. The molecule has 0 saturated heterocycles. The van der Waals surface area contributed by atoms with Gasteiger partial charge in [-0.3, -0.25) is 0 Å². The Balaban J connectivity index is 3.22. The van der Waals surface area contributed by atoms with Crippen LogP contribution < -0.4 is 5.32 Å². The average molecular weight is 243 g/mol. The number of pyridine rings is 1. The van der Waals surface area contributed by atoms with Gasteiger partial charge in [0, 0.05) is 26.3 Å². The molecule has 0 aliphatic rings. The smallest absolute Gasteiger partial charge is 0.262 e. The Kier molecular flexibility index (Phi) is 4.26. The van der Waals surface area contributed by atoms with E-state index < -0.39 is 10.0 Å². The number of sulfonamides is 1. The maximum atomic E-state index is 12.1. The minimum Gasteiger partial charge on any atom is -0.383 e. The lowest BCUT2D eigenvalue weighted by molar-refractivity contribution is 0.483. The Morgan fingerprint density at radius 2 is 2.12 bits per heavy atom. The summed E-state index contributed by atoms with van der Waals surface area (Å²) in [5, 5.41) is 3.08. The standard InChI is InChI=1S/C10H17N3O2S/c1-4-11-9-7-6-8-12-10(9)16(14,15)13(3)5-2/h6-8,11H,4-5H2,1-3H3. The first-order valence-electron chi connectivity index (χ1n) is 5.19. The first-order valence-corrected chi connectivity index (χ1v) is 6.63. The van der Waals surface area contributed by atoms with E-state index in [1.807, 2.05) is 6.92 Å². The normalized spacial score (nSPS) is 11.8. The highest BCUT2D eigenvalue weighted by atomic mass is 32.2. The van der Waals surface area contributed by atoms with Crippen molar-refractivity contribution in [3.05, 3.63) is 18.3 Å². The van der Waals surface area contributed by atoms with Gasteiger partial charge in [0.1, 0.15) is 0 Å². The largest absolute Gasteiger partial charge is 0.383 e. The number of nitrogens with one attached hydrogen (secondary N) is 1. The summed E-state index contributed by atoms with van der Waals surface area (Å²) in [6.45, 7) is 4.77. The molecule has 1 N–H and O–H groups in total. The number of anilines is 1. The van der Waals surface area contributed by atoms with E-state index in [4.69, 9.17) is 0 Å². The molecule has 6 heteroatoms. The third kappa shape index (κ3) is 2.51. The number of hydrogen-bond acceptors (Lipinski definition) is 4. The van der Waals surface area contributed by atoms with Crippen LogP contribution in [-0.2, 0) is 10.0 Å². The molecule has 1 heterocycles. The van der Waals surface area contributed by atoms with Gasteiger partial charge in [0.15, 0.2) is 5.03 Å². The van der Waals surface area contributed by atoms with Gasteiger partial charge in [0.25, 0.3) is 10.0 Å². The van der Waals surface area contributed by atoms with E-state index in [0.717, 1.165) is 0 Å². The van der Waals surface area contributed by atoms with Crippen molar-refractivity contribution in [1.29, 1.82) is 0 Å². The van der Waals surface area contributed by atoms with Gasteiger partial charge >= 0.3 is 0 Å². The molecular formula is C10H17N3O2S. The quantitative estimate of drug-likeness (QED) is 0.842. The number of hydrogen-bond donors (Lipinski definition) is 1. The first kappa shape index (κ1) is 12.9. The van der Waals surface area contributed by atoms with Crippen molar-refractivity contribution in [2.24, 2.45) is 0 Å². The maximum absolute atomic E-state index is 12.1. The van der Waals surface area contributed by atoms with Crippen LogP contribution in [0.4, 0.5) is 5.69 Å². The molecule has 0 aliphatic heterocycles. The third-order valence-corrected chi connectivity index (χ3v) is 4.13. The summed E-state index contributed by atoms with van der Waals surface area (Å²) in [4.78, 5) is 3.95. The Hall–Kier alpha value is -1.14. The van der Waals surface area contributed by atoms with Crippen LogP contribution in [0, 0.1) is 0 Å². The minimum absolute atomic E-state index is 0.0844. The van der Waals surface area contributed by atoms with E-state index in [2.05, 4.69) is 10.3 Å². The summed E-state index contributed by atoms with van der Waals surface area (Å²) >= 11 is 0. The van der Waals surface area contributed by atoms with Crippen LogP contribution in [0.5, 0.6) is 0 Å². The topological polar surface area (TPSA) is 62.3 Å². The lowest BCUT2D eigenvalue weighted by Crippen LogP contribution is -2.28. The van der Waals surface area contributed by atoms with E-state index >= 15 is 0 Å². The number of nitrogens with zero attached hydrogens (tertiary/aromatic N) is 2. The van der Waals surface area contributed by atoms with Crippen LogP contribution in [0.3, 0.4) is 0 Å². The van der Waals surface area contributed by atoms with Crippen molar-refractivity contribution in [3.8, 4) is 0 Å². The van der Waals surface area contributed by atoms with Crippen molar-refractivity contribution in [1.82, 2.24) is 9.29 Å². The molecule has 0 fully saturated rings. The Morgan fingerprint density at radius 3 is 2.69 bits per heavy atom. The second kappa shape index (κ2) is 5.27. The summed E-state index contributed by atoms with van der Waals surface area (Å²) in [6, 6.07) is 3.43. The van der Waals surface area contributed by atoms with Crippen molar-refractivity contribution in [3.63, 3.8) is 0 Å². The van der Waals surface area contributed by atoms with Gasteiger partial charge in [-0.15, -0.1) is 0 Å². The maximum Gasteiger partial charge on any atom is 0.262 e. The molecule has 1 aromatic heterocycles. The van der Waals surface area contributed by atoms with Crippen molar-refractivity contribution < 1.29 is 8.42 Å². The van der Waals surface area contributed by atoms with Gasteiger partial charge in [0.05, 0.1) is 5.69 Å². The van der Waals surface area contributed by atoms with E-state index in [0.29, 0.717) is 18.8 Å². The molecule has 0 radical (unpaired) electrons. The minimum atomic E-state index is -3.48. The summed E-state index contributed by atoms with van der Waals surface area (Å²) in [7, 11) is -1.94. The zero-order valence-electron chi connectivity index (χ0n) is 9.77. The molecule has 0 amide bonds. The molecule has 1 aromatic rings. The summed E-state index contributed by atoms with van der Waals surface area (Å²) in [5.74, 6) is 0. The van der Waals surface area contributed by atoms with E-state index in [9.17, 15) is 8.42 Å². The fourth-order valence-corrected chi connectivity index (χ4v) is 2.49. The molecule has 0 spiro atoms. The van der Waals surface area contributed by atoms with Crippen LogP contribution >= 0.6 is 0 Å². The Labute approximate surface area is 96.5 Å². The van der Waals surface area contributed by atoms with Gasteiger partial charge in [-0.1, -0.05) is 6.92 Å². The molecule has 0 saturated carbocycles. The van der Waals surface area contributed by atoms with Gasteiger partial charge in [-0.05, 0) is 19.1 Å². The number of aromatic nitrogens is 1. The average Bonchev–Trinajstić information content (AvgIpc) is 2.29. The highest BCUT2D eigenvalue weighted by Crippen LogP contribution is 2.20. The molecule has 16 heavy (non-hydrogen) atoms.